The lowest BCUT2D eigenvalue weighted by molar-refractivity contribution is -0.0252. The second kappa shape index (κ2) is 5.87. The predicted octanol–water partition coefficient (Wildman–Crippen LogP) is 2.99. The lowest BCUT2D eigenvalue weighted by atomic mass is 9.87. The molecule has 3 rings (SSSR count). The summed E-state index contributed by atoms with van der Waals surface area (Å²) in [4.78, 5) is 5.02. The van der Waals surface area contributed by atoms with Gasteiger partial charge in [0.2, 0.25) is 5.95 Å². The van der Waals surface area contributed by atoms with Gasteiger partial charge in [0.15, 0.2) is 0 Å². The lowest BCUT2D eigenvalue weighted by Crippen LogP contribution is -2.51. The van der Waals surface area contributed by atoms with Crippen LogP contribution in [0.1, 0.15) is 31.2 Å². The van der Waals surface area contributed by atoms with Crippen LogP contribution < -0.4 is 4.90 Å². The Labute approximate surface area is 139 Å². The van der Waals surface area contributed by atoms with Crippen molar-refractivity contribution in [1.29, 1.82) is 4.78 Å². The van der Waals surface area contributed by atoms with Crippen LogP contribution in [0.25, 0.3) is 0 Å². The summed E-state index contributed by atoms with van der Waals surface area (Å²) in [6.45, 7) is 1.66. The van der Waals surface area contributed by atoms with E-state index in [0.29, 0.717) is 26.1 Å². The van der Waals surface area contributed by atoms with Crippen LogP contribution in [-0.4, -0.2) is 47.2 Å². The summed E-state index contributed by atoms with van der Waals surface area (Å²) in [5, 5.41) is -0.215. The first-order chi connectivity index (χ1) is 11.1. The summed E-state index contributed by atoms with van der Waals surface area (Å²) in [5.74, 6) is -5.48. The molecule has 2 aliphatic rings. The van der Waals surface area contributed by atoms with Crippen molar-refractivity contribution in [3.8, 4) is 0 Å². The Hall–Kier alpha value is -1.35. The molecule has 1 saturated heterocycles. The molecule has 9 heteroatoms. The molecule has 2 aliphatic heterocycles. The van der Waals surface area contributed by atoms with E-state index in [1.54, 1.807) is 0 Å². The van der Waals surface area contributed by atoms with Crippen molar-refractivity contribution in [3.05, 3.63) is 17.6 Å². The number of aromatic nitrogens is 1. The van der Waals surface area contributed by atoms with Crippen LogP contribution in [-0.2, 0) is 14.5 Å². The second-order valence-electron chi connectivity index (χ2n) is 6.48. The SMILES string of the molecule is C[C@H]1c2c(cc([S@@](C)(=N)=O)nc2F)N(C2CCOCC2)CC1(F)F. The number of alkyl halides is 2. The highest BCUT2D eigenvalue weighted by atomic mass is 32.2. The highest BCUT2D eigenvalue weighted by molar-refractivity contribution is 7.91. The molecular formula is C15H20F3N3O2S. The van der Waals surface area contributed by atoms with E-state index in [9.17, 15) is 17.4 Å². The van der Waals surface area contributed by atoms with E-state index in [1.165, 1.54) is 17.9 Å². The molecule has 3 heterocycles. The Morgan fingerprint density at radius 2 is 2.04 bits per heavy atom. The molecule has 1 fully saturated rings. The molecule has 1 aromatic rings. The number of rotatable bonds is 2. The van der Waals surface area contributed by atoms with Gasteiger partial charge in [0, 0.05) is 36.8 Å². The fourth-order valence-electron chi connectivity index (χ4n) is 3.31. The molecule has 1 N–H and O–H groups in total. The standard InChI is InChI=1S/C15H20F3N3O2S/c1-9-13-11(7-12(20-14(13)16)24(2,19)22)21(8-15(9,17)18)10-3-5-23-6-4-10/h7,9-10,19H,3-6,8H2,1-2H3/t9-,24-/m0/s1. The Morgan fingerprint density at radius 3 is 2.62 bits per heavy atom. The van der Waals surface area contributed by atoms with E-state index in [4.69, 9.17) is 9.52 Å². The van der Waals surface area contributed by atoms with Crippen molar-refractivity contribution >= 4 is 15.4 Å². The molecule has 5 nitrogen and oxygen atoms in total. The average molecular weight is 363 g/mol. The summed E-state index contributed by atoms with van der Waals surface area (Å²) in [5.41, 5.74) is 0.120. The van der Waals surface area contributed by atoms with Crippen molar-refractivity contribution < 1.29 is 22.1 Å². The van der Waals surface area contributed by atoms with Gasteiger partial charge >= 0.3 is 0 Å². The lowest BCUT2D eigenvalue weighted by Gasteiger charge is -2.44. The molecule has 1 aromatic heterocycles. The van der Waals surface area contributed by atoms with Gasteiger partial charge in [0.1, 0.15) is 5.03 Å². The van der Waals surface area contributed by atoms with Crippen LogP contribution >= 0.6 is 0 Å². The van der Waals surface area contributed by atoms with Gasteiger partial charge in [0.25, 0.3) is 5.92 Å². The number of halogens is 3. The number of fused-ring (bicyclic) bond motifs is 1. The van der Waals surface area contributed by atoms with E-state index >= 15 is 0 Å². The molecule has 24 heavy (non-hydrogen) atoms. The Morgan fingerprint density at radius 1 is 1.42 bits per heavy atom. The monoisotopic (exact) mass is 363 g/mol. The Balaban J connectivity index is 2.16. The van der Waals surface area contributed by atoms with Gasteiger partial charge in [-0.15, -0.1) is 0 Å². The summed E-state index contributed by atoms with van der Waals surface area (Å²) < 4.78 is 68.2. The number of ether oxygens (including phenoxy) is 1. The van der Waals surface area contributed by atoms with Gasteiger partial charge in [0.05, 0.1) is 22.2 Å². The topological polar surface area (TPSA) is 66.3 Å². The third-order valence-corrected chi connectivity index (χ3v) is 5.76. The second-order valence-corrected chi connectivity index (χ2v) is 8.59. The number of hydrogen-bond acceptors (Lipinski definition) is 5. The molecule has 0 spiro atoms. The highest BCUT2D eigenvalue weighted by Crippen LogP contribution is 2.46. The number of nitrogens with zero attached hydrogens (tertiary/aromatic N) is 2. The average Bonchev–Trinajstić information content (AvgIpc) is 2.50. The van der Waals surface area contributed by atoms with E-state index < -0.39 is 34.1 Å². The van der Waals surface area contributed by atoms with Crippen LogP contribution in [0.5, 0.6) is 0 Å². The smallest absolute Gasteiger partial charge is 0.271 e. The molecule has 2 atom stereocenters. The van der Waals surface area contributed by atoms with Gasteiger partial charge in [-0.2, -0.15) is 4.39 Å². The molecule has 0 radical (unpaired) electrons. The van der Waals surface area contributed by atoms with E-state index in [1.807, 2.05) is 0 Å². The van der Waals surface area contributed by atoms with Gasteiger partial charge < -0.3 is 9.64 Å². The van der Waals surface area contributed by atoms with Crippen LogP contribution in [0, 0.1) is 10.7 Å². The summed E-state index contributed by atoms with van der Waals surface area (Å²) >= 11 is 0. The molecule has 0 aromatic carbocycles. The Bertz CT molecular complexity index is 749. The third-order valence-electron chi connectivity index (χ3n) is 4.75. The van der Waals surface area contributed by atoms with E-state index in [0.717, 1.165) is 6.26 Å². The van der Waals surface area contributed by atoms with Gasteiger partial charge in [-0.25, -0.2) is 22.8 Å². The summed E-state index contributed by atoms with van der Waals surface area (Å²) in [7, 11) is -3.25. The Kier molecular flexibility index (Phi) is 4.28. The number of nitrogens with one attached hydrogen (secondary N) is 1. The van der Waals surface area contributed by atoms with E-state index in [-0.39, 0.29) is 22.3 Å². The molecule has 0 aliphatic carbocycles. The molecule has 134 valence electrons. The number of anilines is 1. The summed E-state index contributed by atoms with van der Waals surface area (Å²) in [6.07, 6.45) is 2.26. The van der Waals surface area contributed by atoms with Crippen LogP contribution in [0.2, 0.25) is 0 Å². The van der Waals surface area contributed by atoms with Crippen molar-refractivity contribution in [1.82, 2.24) is 4.98 Å². The van der Waals surface area contributed by atoms with Crippen molar-refractivity contribution in [2.75, 3.05) is 30.9 Å². The minimum atomic E-state index is -3.25. The minimum Gasteiger partial charge on any atom is -0.381 e. The molecule has 0 saturated carbocycles. The first-order valence-corrected chi connectivity index (χ1v) is 9.74. The van der Waals surface area contributed by atoms with Crippen molar-refractivity contribution in [2.24, 2.45) is 0 Å². The minimum absolute atomic E-state index is 0.162. The van der Waals surface area contributed by atoms with Gasteiger partial charge in [-0.1, -0.05) is 6.92 Å². The first-order valence-electron chi connectivity index (χ1n) is 7.77. The molecule has 0 unspecified atom stereocenters. The zero-order valence-corrected chi connectivity index (χ0v) is 14.3. The van der Waals surface area contributed by atoms with Crippen LogP contribution in [0.15, 0.2) is 11.1 Å². The maximum absolute atomic E-state index is 14.5. The van der Waals surface area contributed by atoms with Gasteiger partial charge in [-0.05, 0) is 18.9 Å². The zero-order chi connectivity index (χ0) is 17.7. The maximum atomic E-state index is 14.5. The normalized spacial score (nSPS) is 26.7. The highest BCUT2D eigenvalue weighted by Gasteiger charge is 2.48. The number of hydrogen-bond donors (Lipinski definition) is 1. The molecule has 0 bridgehead atoms. The predicted molar refractivity (Wildman–Crippen MR) is 83.8 cm³/mol. The van der Waals surface area contributed by atoms with Gasteiger partial charge in [-0.3, -0.25) is 0 Å². The number of pyridine rings is 1. The zero-order valence-electron chi connectivity index (χ0n) is 13.5. The fraction of sp³-hybridized carbons (Fsp3) is 0.667. The molecule has 0 amide bonds. The quantitative estimate of drug-likeness (QED) is 0.821. The first kappa shape index (κ1) is 17.5. The van der Waals surface area contributed by atoms with Crippen molar-refractivity contribution in [2.45, 2.75) is 42.7 Å². The fourth-order valence-corrected chi connectivity index (χ4v) is 3.90. The summed E-state index contributed by atoms with van der Waals surface area (Å²) in [6, 6.07) is 1.14. The largest absolute Gasteiger partial charge is 0.381 e. The third kappa shape index (κ3) is 2.99. The van der Waals surface area contributed by atoms with Crippen LogP contribution in [0.3, 0.4) is 0 Å². The maximum Gasteiger partial charge on any atom is 0.271 e. The van der Waals surface area contributed by atoms with E-state index in [2.05, 4.69) is 4.98 Å². The van der Waals surface area contributed by atoms with Crippen LogP contribution in [0.4, 0.5) is 18.9 Å². The van der Waals surface area contributed by atoms with Crippen molar-refractivity contribution in [3.63, 3.8) is 0 Å². The molecular weight excluding hydrogens is 343 g/mol.